The highest BCUT2D eigenvalue weighted by molar-refractivity contribution is 5.90. The monoisotopic (exact) mass is 271 g/mol. The summed E-state index contributed by atoms with van der Waals surface area (Å²) in [6, 6.07) is 7.83. The average Bonchev–Trinajstić information content (AvgIpc) is 2.64. The summed E-state index contributed by atoms with van der Waals surface area (Å²) >= 11 is 0. The van der Waals surface area contributed by atoms with Crippen LogP contribution in [0.25, 0.3) is 0 Å². The summed E-state index contributed by atoms with van der Waals surface area (Å²) in [7, 11) is 1.93. The standard InChI is InChI=1S/C16H21N3O/c1-11-5-7-14(8-6-11)17-16(20)10-9-15-12(2)18-19(4)13(15)3/h5-8H,9-10H2,1-4H3,(H,17,20). The Morgan fingerprint density at radius 3 is 2.40 bits per heavy atom. The lowest BCUT2D eigenvalue weighted by atomic mass is 10.1. The first-order valence-corrected chi connectivity index (χ1v) is 6.83. The number of carbonyl (C=O) groups excluding carboxylic acids is 1. The van der Waals surface area contributed by atoms with E-state index in [1.165, 1.54) is 11.1 Å². The second kappa shape index (κ2) is 5.90. The van der Waals surface area contributed by atoms with Crippen LogP contribution in [-0.4, -0.2) is 15.7 Å². The van der Waals surface area contributed by atoms with E-state index in [1.54, 1.807) is 0 Å². The molecule has 0 aliphatic carbocycles. The van der Waals surface area contributed by atoms with Gasteiger partial charge in [0.1, 0.15) is 0 Å². The van der Waals surface area contributed by atoms with Crippen molar-refractivity contribution in [1.29, 1.82) is 0 Å². The van der Waals surface area contributed by atoms with Crippen LogP contribution in [0.3, 0.4) is 0 Å². The molecule has 20 heavy (non-hydrogen) atoms. The summed E-state index contributed by atoms with van der Waals surface area (Å²) < 4.78 is 1.86. The normalized spacial score (nSPS) is 10.6. The number of aromatic nitrogens is 2. The molecule has 1 aromatic heterocycles. The molecule has 0 spiro atoms. The zero-order valence-corrected chi connectivity index (χ0v) is 12.5. The van der Waals surface area contributed by atoms with Gasteiger partial charge in [-0.25, -0.2) is 0 Å². The Balaban J connectivity index is 1.94. The van der Waals surface area contributed by atoms with Crippen molar-refractivity contribution < 1.29 is 4.79 Å². The summed E-state index contributed by atoms with van der Waals surface area (Å²) in [5.41, 5.74) is 5.34. The molecule has 0 atom stereocenters. The lowest BCUT2D eigenvalue weighted by Crippen LogP contribution is -2.12. The Kier molecular flexibility index (Phi) is 4.23. The van der Waals surface area contributed by atoms with Crippen LogP contribution in [0, 0.1) is 20.8 Å². The van der Waals surface area contributed by atoms with Gasteiger partial charge < -0.3 is 5.32 Å². The molecule has 1 heterocycles. The van der Waals surface area contributed by atoms with E-state index in [4.69, 9.17) is 0 Å². The summed E-state index contributed by atoms with van der Waals surface area (Å²) in [4.78, 5) is 12.0. The van der Waals surface area contributed by atoms with E-state index in [1.807, 2.05) is 56.8 Å². The Labute approximate surface area is 119 Å². The lowest BCUT2D eigenvalue weighted by Gasteiger charge is -2.06. The molecular weight excluding hydrogens is 250 g/mol. The number of aryl methyl sites for hydroxylation is 3. The molecule has 0 unspecified atom stereocenters. The molecule has 0 bridgehead atoms. The Bertz CT molecular complexity index is 611. The van der Waals surface area contributed by atoms with Crippen LogP contribution in [0.1, 0.15) is 28.9 Å². The summed E-state index contributed by atoms with van der Waals surface area (Å²) in [6.45, 7) is 6.05. The molecule has 0 aliphatic heterocycles. The zero-order chi connectivity index (χ0) is 14.7. The first-order valence-electron chi connectivity index (χ1n) is 6.83. The highest BCUT2D eigenvalue weighted by Crippen LogP contribution is 2.15. The molecule has 0 aliphatic rings. The van der Waals surface area contributed by atoms with E-state index in [-0.39, 0.29) is 5.91 Å². The van der Waals surface area contributed by atoms with E-state index >= 15 is 0 Å². The zero-order valence-electron chi connectivity index (χ0n) is 12.5. The van der Waals surface area contributed by atoms with Gasteiger partial charge in [-0.2, -0.15) is 5.10 Å². The SMILES string of the molecule is Cc1ccc(NC(=O)CCc2c(C)nn(C)c2C)cc1. The van der Waals surface area contributed by atoms with E-state index in [2.05, 4.69) is 10.4 Å². The van der Waals surface area contributed by atoms with Gasteiger partial charge in [0.2, 0.25) is 5.91 Å². The smallest absolute Gasteiger partial charge is 0.224 e. The van der Waals surface area contributed by atoms with Gasteiger partial charge in [-0.05, 0) is 44.9 Å². The fraction of sp³-hybridized carbons (Fsp3) is 0.375. The summed E-state index contributed by atoms with van der Waals surface area (Å²) in [6.07, 6.45) is 1.20. The first kappa shape index (κ1) is 14.3. The van der Waals surface area contributed by atoms with Crippen molar-refractivity contribution in [2.24, 2.45) is 7.05 Å². The topological polar surface area (TPSA) is 46.9 Å². The molecule has 106 valence electrons. The highest BCUT2D eigenvalue weighted by Gasteiger charge is 2.11. The molecule has 1 aromatic carbocycles. The predicted octanol–water partition coefficient (Wildman–Crippen LogP) is 2.92. The minimum atomic E-state index is 0.0384. The molecule has 0 saturated heterocycles. The largest absolute Gasteiger partial charge is 0.326 e. The maximum absolute atomic E-state index is 12.0. The van der Waals surface area contributed by atoms with Crippen molar-refractivity contribution in [2.75, 3.05) is 5.32 Å². The van der Waals surface area contributed by atoms with Crippen LogP contribution in [-0.2, 0) is 18.3 Å². The summed E-state index contributed by atoms with van der Waals surface area (Å²) in [5.74, 6) is 0.0384. The van der Waals surface area contributed by atoms with E-state index in [0.29, 0.717) is 6.42 Å². The van der Waals surface area contributed by atoms with Gasteiger partial charge >= 0.3 is 0 Å². The van der Waals surface area contributed by atoms with Crippen LogP contribution in [0.5, 0.6) is 0 Å². The number of hydrogen-bond acceptors (Lipinski definition) is 2. The van der Waals surface area contributed by atoms with Crippen LogP contribution in [0.2, 0.25) is 0 Å². The van der Waals surface area contributed by atoms with Crippen molar-refractivity contribution in [3.05, 3.63) is 46.8 Å². The van der Waals surface area contributed by atoms with Crippen LogP contribution in [0.15, 0.2) is 24.3 Å². The molecule has 0 fully saturated rings. The summed E-state index contributed by atoms with van der Waals surface area (Å²) in [5, 5.41) is 7.29. The third-order valence-corrected chi connectivity index (χ3v) is 3.60. The van der Waals surface area contributed by atoms with Gasteiger partial charge in [-0.3, -0.25) is 9.48 Å². The minimum Gasteiger partial charge on any atom is -0.326 e. The second-order valence-corrected chi connectivity index (χ2v) is 5.19. The van der Waals surface area contributed by atoms with Crippen molar-refractivity contribution in [2.45, 2.75) is 33.6 Å². The third kappa shape index (κ3) is 3.26. The van der Waals surface area contributed by atoms with Gasteiger partial charge in [-0.1, -0.05) is 17.7 Å². The lowest BCUT2D eigenvalue weighted by molar-refractivity contribution is -0.116. The third-order valence-electron chi connectivity index (χ3n) is 3.60. The van der Waals surface area contributed by atoms with Gasteiger partial charge in [0.25, 0.3) is 0 Å². The average molecular weight is 271 g/mol. The number of carbonyl (C=O) groups is 1. The molecule has 1 amide bonds. The molecular formula is C16H21N3O. The van der Waals surface area contributed by atoms with Crippen LogP contribution < -0.4 is 5.32 Å². The highest BCUT2D eigenvalue weighted by atomic mass is 16.1. The van der Waals surface area contributed by atoms with E-state index < -0.39 is 0 Å². The second-order valence-electron chi connectivity index (χ2n) is 5.19. The number of amides is 1. The van der Waals surface area contributed by atoms with Gasteiger partial charge in [-0.15, -0.1) is 0 Å². The van der Waals surface area contributed by atoms with Crippen molar-refractivity contribution in [1.82, 2.24) is 9.78 Å². The molecule has 2 aromatic rings. The molecule has 4 nitrogen and oxygen atoms in total. The van der Waals surface area contributed by atoms with Crippen LogP contribution >= 0.6 is 0 Å². The number of nitrogens with zero attached hydrogens (tertiary/aromatic N) is 2. The van der Waals surface area contributed by atoms with E-state index in [0.717, 1.165) is 23.5 Å². The van der Waals surface area contributed by atoms with Crippen molar-refractivity contribution >= 4 is 11.6 Å². The van der Waals surface area contributed by atoms with Gasteiger partial charge in [0, 0.05) is 24.8 Å². The molecule has 1 N–H and O–H groups in total. The molecule has 4 heteroatoms. The minimum absolute atomic E-state index is 0.0384. The quantitative estimate of drug-likeness (QED) is 0.929. The Hall–Kier alpha value is -2.10. The Morgan fingerprint density at radius 2 is 1.85 bits per heavy atom. The molecule has 0 radical (unpaired) electrons. The Morgan fingerprint density at radius 1 is 1.20 bits per heavy atom. The molecule has 0 saturated carbocycles. The fourth-order valence-electron chi connectivity index (χ4n) is 2.28. The fourth-order valence-corrected chi connectivity index (χ4v) is 2.28. The van der Waals surface area contributed by atoms with Gasteiger partial charge in [0.15, 0.2) is 0 Å². The number of benzene rings is 1. The van der Waals surface area contributed by atoms with Gasteiger partial charge in [0.05, 0.1) is 5.69 Å². The number of nitrogens with one attached hydrogen (secondary N) is 1. The maximum Gasteiger partial charge on any atom is 0.224 e. The van der Waals surface area contributed by atoms with Crippen LogP contribution in [0.4, 0.5) is 5.69 Å². The number of rotatable bonds is 4. The predicted molar refractivity (Wildman–Crippen MR) is 80.8 cm³/mol. The maximum atomic E-state index is 12.0. The van der Waals surface area contributed by atoms with Crippen molar-refractivity contribution in [3.8, 4) is 0 Å². The van der Waals surface area contributed by atoms with E-state index in [9.17, 15) is 4.79 Å². The number of hydrogen-bond donors (Lipinski definition) is 1. The van der Waals surface area contributed by atoms with Crippen molar-refractivity contribution in [3.63, 3.8) is 0 Å². The number of anilines is 1. The first-order chi connectivity index (χ1) is 9.47. The molecule has 2 rings (SSSR count).